The van der Waals surface area contributed by atoms with Crippen LogP contribution < -0.4 is 10.9 Å². The lowest BCUT2D eigenvalue weighted by Crippen LogP contribution is -2.35. The van der Waals surface area contributed by atoms with Crippen molar-refractivity contribution in [3.63, 3.8) is 0 Å². The normalized spacial score (nSPS) is 23.7. The molecule has 2 aliphatic rings. The first-order valence-electron chi connectivity index (χ1n) is 8.10. The lowest BCUT2D eigenvalue weighted by molar-refractivity contribution is 0.0707. The number of carbonyl (C=O) groups excluding carboxylic acids is 1. The number of aromatic amines is 1. The van der Waals surface area contributed by atoms with Crippen molar-refractivity contribution in [3.05, 3.63) is 69.9 Å². The summed E-state index contributed by atoms with van der Waals surface area (Å²) in [6, 6.07) is 10.8. The van der Waals surface area contributed by atoms with Crippen LogP contribution in [-0.4, -0.2) is 35.4 Å². The van der Waals surface area contributed by atoms with Crippen LogP contribution in [0.15, 0.2) is 47.3 Å². The van der Waals surface area contributed by atoms with Crippen molar-refractivity contribution < 1.29 is 9.18 Å². The predicted molar refractivity (Wildman–Crippen MR) is 102 cm³/mol. The van der Waals surface area contributed by atoms with E-state index in [0.717, 1.165) is 18.7 Å². The Morgan fingerprint density at radius 1 is 1.12 bits per heavy atom. The van der Waals surface area contributed by atoms with E-state index in [-0.39, 0.29) is 59.8 Å². The number of hydrogen-bond donors (Lipinski definition) is 2. The van der Waals surface area contributed by atoms with Crippen LogP contribution >= 0.6 is 24.8 Å². The molecule has 0 saturated carbocycles. The minimum atomic E-state index is -0.303. The zero-order valence-electron chi connectivity index (χ0n) is 13.9. The van der Waals surface area contributed by atoms with E-state index in [1.807, 2.05) is 6.07 Å². The second kappa shape index (κ2) is 8.20. The fourth-order valence-corrected chi connectivity index (χ4v) is 3.97. The summed E-state index contributed by atoms with van der Waals surface area (Å²) < 4.78 is 13.7. The van der Waals surface area contributed by atoms with Crippen LogP contribution in [0.25, 0.3) is 0 Å². The Bertz CT molecular complexity index is 845. The van der Waals surface area contributed by atoms with Gasteiger partial charge in [-0.3, -0.25) is 9.59 Å². The lowest BCUT2D eigenvalue weighted by Gasteiger charge is -2.28. The third-order valence-electron chi connectivity index (χ3n) is 5.01. The van der Waals surface area contributed by atoms with E-state index < -0.39 is 0 Å². The molecule has 1 aromatic heterocycles. The molecule has 8 heteroatoms. The summed E-state index contributed by atoms with van der Waals surface area (Å²) >= 11 is 0. The topological polar surface area (TPSA) is 65.2 Å². The first-order chi connectivity index (χ1) is 11.6. The molecule has 3 heterocycles. The average molecular weight is 400 g/mol. The fourth-order valence-electron chi connectivity index (χ4n) is 3.97. The number of H-pyrrole nitrogens is 1. The quantitative estimate of drug-likeness (QED) is 0.814. The maximum atomic E-state index is 13.7. The Morgan fingerprint density at radius 3 is 2.62 bits per heavy atom. The molecular weight excluding hydrogens is 380 g/mol. The molecule has 3 atom stereocenters. The molecule has 4 rings (SSSR count). The maximum absolute atomic E-state index is 13.7. The molecule has 0 unspecified atom stereocenters. The van der Waals surface area contributed by atoms with Crippen molar-refractivity contribution >= 4 is 30.7 Å². The van der Waals surface area contributed by atoms with E-state index >= 15 is 0 Å². The minimum absolute atomic E-state index is 0. The van der Waals surface area contributed by atoms with E-state index in [1.54, 1.807) is 23.1 Å². The van der Waals surface area contributed by atoms with E-state index in [9.17, 15) is 14.0 Å². The number of aromatic nitrogens is 1. The van der Waals surface area contributed by atoms with Crippen molar-refractivity contribution in [2.24, 2.45) is 11.8 Å². The smallest absolute Gasteiger partial charge is 0.270 e. The van der Waals surface area contributed by atoms with Gasteiger partial charge in [-0.15, -0.1) is 24.8 Å². The molecule has 2 saturated heterocycles. The summed E-state index contributed by atoms with van der Waals surface area (Å²) in [4.78, 5) is 28.8. The first-order valence-corrected chi connectivity index (χ1v) is 8.10. The molecule has 2 aliphatic heterocycles. The summed E-state index contributed by atoms with van der Waals surface area (Å²) in [5.74, 6) is 0.0858. The zero-order chi connectivity index (χ0) is 16.7. The van der Waals surface area contributed by atoms with Gasteiger partial charge < -0.3 is 15.2 Å². The molecule has 140 valence electrons. The molecular formula is C18H20Cl2FN3O2. The van der Waals surface area contributed by atoms with Gasteiger partial charge in [0.25, 0.3) is 5.91 Å². The van der Waals surface area contributed by atoms with Gasteiger partial charge in [-0.2, -0.15) is 0 Å². The molecule has 1 amide bonds. The van der Waals surface area contributed by atoms with E-state index in [4.69, 9.17) is 0 Å². The molecule has 0 bridgehead atoms. The van der Waals surface area contributed by atoms with Gasteiger partial charge in [-0.25, -0.2) is 4.39 Å². The molecule has 26 heavy (non-hydrogen) atoms. The van der Waals surface area contributed by atoms with Gasteiger partial charge in [0.1, 0.15) is 11.5 Å². The van der Waals surface area contributed by atoms with Gasteiger partial charge in [0.15, 0.2) is 0 Å². The summed E-state index contributed by atoms with van der Waals surface area (Å²) in [6.45, 7) is 2.26. The van der Waals surface area contributed by atoms with E-state index in [0.29, 0.717) is 12.5 Å². The SMILES string of the molecule is Cl.Cl.O=C(c1cccc(=O)[nH]1)N1C[C@@H]2CNC[C@@H]2[C@H]1c1cccc(F)c1. The number of nitrogens with zero attached hydrogens (tertiary/aromatic N) is 1. The number of likely N-dealkylation sites (tertiary alicyclic amines) is 1. The second-order valence-electron chi connectivity index (χ2n) is 6.47. The lowest BCUT2D eigenvalue weighted by atomic mass is 9.89. The van der Waals surface area contributed by atoms with Gasteiger partial charge in [0, 0.05) is 31.6 Å². The van der Waals surface area contributed by atoms with Gasteiger partial charge in [-0.1, -0.05) is 18.2 Å². The fraction of sp³-hybridized carbons (Fsp3) is 0.333. The summed E-state index contributed by atoms with van der Waals surface area (Å²) in [6.07, 6.45) is 0. The van der Waals surface area contributed by atoms with Crippen LogP contribution in [-0.2, 0) is 0 Å². The van der Waals surface area contributed by atoms with Crippen molar-refractivity contribution in [1.82, 2.24) is 15.2 Å². The number of benzene rings is 1. The van der Waals surface area contributed by atoms with Crippen molar-refractivity contribution in [1.29, 1.82) is 0 Å². The first kappa shape index (κ1) is 20.4. The number of pyridine rings is 1. The van der Waals surface area contributed by atoms with Crippen LogP contribution in [0.2, 0.25) is 0 Å². The van der Waals surface area contributed by atoms with Crippen molar-refractivity contribution in [3.8, 4) is 0 Å². The molecule has 1 aromatic carbocycles. The Kier molecular flexibility index (Phi) is 6.44. The average Bonchev–Trinajstić information content (AvgIpc) is 3.14. The highest BCUT2D eigenvalue weighted by molar-refractivity contribution is 5.92. The summed E-state index contributed by atoms with van der Waals surface area (Å²) in [7, 11) is 0. The number of rotatable bonds is 2. The Hall–Kier alpha value is -1.89. The third-order valence-corrected chi connectivity index (χ3v) is 5.01. The van der Waals surface area contributed by atoms with Crippen molar-refractivity contribution in [2.45, 2.75) is 6.04 Å². The highest BCUT2D eigenvalue weighted by Crippen LogP contribution is 2.43. The number of halogens is 3. The monoisotopic (exact) mass is 399 g/mol. The highest BCUT2D eigenvalue weighted by atomic mass is 35.5. The van der Waals surface area contributed by atoms with Gasteiger partial charge in [0.05, 0.1) is 6.04 Å². The standard InChI is InChI=1S/C18H18FN3O2.2ClH/c19-13-4-1-3-11(7-13)17-14-9-20-8-12(14)10-22(17)18(24)15-5-2-6-16(23)21-15;;/h1-7,12,14,17,20H,8-10H2,(H,21,23);2*1H/t12-,14-,17+;;/m0../s1. The zero-order valence-corrected chi connectivity index (χ0v) is 15.5. The Labute approximate surface area is 162 Å². The molecule has 0 spiro atoms. The maximum Gasteiger partial charge on any atom is 0.270 e. The van der Waals surface area contributed by atoms with Gasteiger partial charge in [0.2, 0.25) is 5.56 Å². The Balaban J connectivity index is 0.00000121. The van der Waals surface area contributed by atoms with Crippen LogP contribution in [0.3, 0.4) is 0 Å². The van der Waals surface area contributed by atoms with E-state index in [1.165, 1.54) is 18.2 Å². The van der Waals surface area contributed by atoms with Gasteiger partial charge >= 0.3 is 0 Å². The van der Waals surface area contributed by atoms with Crippen LogP contribution in [0.5, 0.6) is 0 Å². The molecule has 2 aromatic rings. The molecule has 0 aliphatic carbocycles. The minimum Gasteiger partial charge on any atom is -0.330 e. The number of amides is 1. The molecule has 2 N–H and O–H groups in total. The largest absolute Gasteiger partial charge is 0.330 e. The number of carbonyl (C=O) groups is 1. The third kappa shape index (κ3) is 3.63. The second-order valence-corrected chi connectivity index (χ2v) is 6.47. The van der Waals surface area contributed by atoms with Crippen LogP contribution in [0, 0.1) is 17.7 Å². The summed E-state index contributed by atoms with van der Waals surface area (Å²) in [5, 5.41) is 3.36. The van der Waals surface area contributed by atoms with Crippen LogP contribution in [0.4, 0.5) is 4.39 Å². The van der Waals surface area contributed by atoms with E-state index in [2.05, 4.69) is 10.3 Å². The predicted octanol–water partition coefficient (Wildman–Crippen LogP) is 2.39. The molecule has 0 radical (unpaired) electrons. The van der Waals surface area contributed by atoms with Gasteiger partial charge in [-0.05, 0) is 29.7 Å². The number of hydrogen-bond acceptors (Lipinski definition) is 3. The molecule has 2 fully saturated rings. The Morgan fingerprint density at radius 2 is 1.88 bits per heavy atom. The van der Waals surface area contributed by atoms with Crippen molar-refractivity contribution in [2.75, 3.05) is 19.6 Å². The van der Waals surface area contributed by atoms with Crippen LogP contribution in [0.1, 0.15) is 22.1 Å². The number of nitrogens with one attached hydrogen (secondary N) is 2. The summed E-state index contributed by atoms with van der Waals surface area (Å²) in [5.41, 5.74) is 0.777. The number of fused-ring (bicyclic) bond motifs is 1. The molecule has 5 nitrogen and oxygen atoms in total. The highest BCUT2D eigenvalue weighted by Gasteiger charge is 2.47.